The van der Waals surface area contributed by atoms with Crippen molar-refractivity contribution in [3.63, 3.8) is 0 Å². The molecule has 5 heteroatoms. The average Bonchev–Trinajstić information content (AvgIpc) is 3.14. The largest absolute Gasteiger partial charge is 0.329 e. The maximum absolute atomic E-state index is 4.73. The van der Waals surface area contributed by atoms with E-state index in [9.17, 15) is 0 Å². The van der Waals surface area contributed by atoms with Crippen molar-refractivity contribution in [2.24, 2.45) is 0 Å². The molecule has 4 aromatic rings. The Balaban J connectivity index is 1.95. The maximum atomic E-state index is 4.73. The third-order valence-corrected chi connectivity index (χ3v) is 4.27. The molecule has 0 saturated heterocycles. The lowest BCUT2D eigenvalue weighted by Crippen LogP contribution is -2.12. The van der Waals surface area contributed by atoms with E-state index in [1.807, 2.05) is 29.6 Å². The normalized spacial score (nSPS) is 11.6. The van der Waals surface area contributed by atoms with Gasteiger partial charge in [-0.3, -0.25) is 4.40 Å². The number of para-hydroxylation sites is 1. The van der Waals surface area contributed by atoms with E-state index in [2.05, 4.69) is 64.5 Å². The molecule has 0 radical (unpaired) electrons. The highest BCUT2D eigenvalue weighted by Gasteiger charge is 2.14. The second kappa shape index (κ2) is 6.36. The van der Waals surface area contributed by atoms with Gasteiger partial charge in [-0.2, -0.15) is 4.98 Å². The van der Waals surface area contributed by atoms with Crippen molar-refractivity contribution in [1.29, 1.82) is 0 Å². The third kappa shape index (κ3) is 2.74. The Morgan fingerprint density at radius 1 is 1.12 bits per heavy atom. The number of allylic oxidation sites excluding steroid dienone is 1. The molecule has 0 fully saturated rings. The van der Waals surface area contributed by atoms with Gasteiger partial charge in [0.1, 0.15) is 12.1 Å². The summed E-state index contributed by atoms with van der Waals surface area (Å²) in [6, 6.07) is 16.6. The van der Waals surface area contributed by atoms with Crippen LogP contribution in [0.15, 0.2) is 60.9 Å². The number of fused-ring (bicyclic) bond motifs is 3. The van der Waals surface area contributed by atoms with Gasteiger partial charge < -0.3 is 4.90 Å². The zero-order chi connectivity index (χ0) is 17.2. The van der Waals surface area contributed by atoms with Crippen molar-refractivity contribution in [3.05, 3.63) is 66.5 Å². The lowest BCUT2D eigenvalue weighted by molar-refractivity contribution is 1.08. The third-order valence-electron chi connectivity index (χ3n) is 4.27. The molecule has 0 N–H and O–H groups in total. The van der Waals surface area contributed by atoms with E-state index >= 15 is 0 Å². The Bertz CT molecular complexity index is 1050. The molecule has 5 nitrogen and oxygen atoms in total. The SMILES string of the molecule is CC/C=C/c1ccc2c(N(C)c3ccccc3)nc3nncn3c2c1. The Hall–Kier alpha value is -3.21. The molecule has 0 saturated carbocycles. The van der Waals surface area contributed by atoms with Crippen LogP contribution in [0.3, 0.4) is 0 Å². The van der Waals surface area contributed by atoms with Gasteiger partial charge in [-0.05, 0) is 36.2 Å². The van der Waals surface area contributed by atoms with Crippen molar-refractivity contribution >= 4 is 34.3 Å². The van der Waals surface area contributed by atoms with Crippen LogP contribution in [0.1, 0.15) is 18.9 Å². The Kier molecular flexibility index (Phi) is 3.90. The number of rotatable bonds is 4. The Labute approximate surface area is 146 Å². The molecule has 0 atom stereocenters. The van der Waals surface area contributed by atoms with Gasteiger partial charge in [0.15, 0.2) is 0 Å². The summed E-state index contributed by atoms with van der Waals surface area (Å²) in [4.78, 5) is 6.81. The summed E-state index contributed by atoms with van der Waals surface area (Å²) in [6.45, 7) is 2.13. The molecular weight excluding hydrogens is 310 g/mol. The molecule has 2 aromatic carbocycles. The number of hydrogen-bond donors (Lipinski definition) is 0. The fraction of sp³-hybridized carbons (Fsp3) is 0.150. The van der Waals surface area contributed by atoms with Crippen LogP contribution in [0.5, 0.6) is 0 Å². The van der Waals surface area contributed by atoms with Gasteiger partial charge in [-0.1, -0.05) is 43.3 Å². The second-order valence-corrected chi connectivity index (χ2v) is 5.92. The van der Waals surface area contributed by atoms with E-state index in [-0.39, 0.29) is 0 Å². The van der Waals surface area contributed by atoms with E-state index < -0.39 is 0 Å². The standard InChI is InChI=1S/C20H19N5/c1-3-4-8-15-11-12-17-18(13-15)25-14-21-23-20(25)22-19(17)24(2)16-9-6-5-7-10-16/h4-14H,3H2,1-2H3/b8-4+. The van der Waals surface area contributed by atoms with Crippen LogP contribution in [0.2, 0.25) is 0 Å². The summed E-state index contributed by atoms with van der Waals surface area (Å²) in [7, 11) is 2.02. The van der Waals surface area contributed by atoms with Crippen LogP contribution < -0.4 is 4.90 Å². The summed E-state index contributed by atoms with van der Waals surface area (Å²) < 4.78 is 1.93. The minimum absolute atomic E-state index is 0.599. The smallest absolute Gasteiger partial charge is 0.257 e. The van der Waals surface area contributed by atoms with Crippen molar-refractivity contribution in [1.82, 2.24) is 19.6 Å². The van der Waals surface area contributed by atoms with Gasteiger partial charge in [0.05, 0.1) is 5.52 Å². The molecule has 0 spiro atoms. The van der Waals surface area contributed by atoms with Crippen LogP contribution in [-0.4, -0.2) is 26.6 Å². The summed E-state index contributed by atoms with van der Waals surface area (Å²) in [5, 5.41) is 9.25. The quantitative estimate of drug-likeness (QED) is 0.554. The molecule has 0 aliphatic rings. The molecule has 0 aliphatic carbocycles. The molecule has 0 aliphatic heterocycles. The van der Waals surface area contributed by atoms with Gasteiger partial charge in [-0.25, -0.2) is 0 Å². The Morgan fingerprint density at radius 2 is 1.96 bits per heavy atom. The number of benzene rings is 2. The first-order chi connectivity index (χ1) is 12.3. The molecular formula is C20H19N5. The van der Waals surface area contributed by atoms with Crippen molar-refractivity contribution in [3.8, 4) is 0 Å². The Morgan fingerprint density at radius 3 is 2.76 bits per heavy atom. The fourth-order valence-corrected chi connectivity index (χ4v) is 2.95. The summed E-state index contributed by atoms with van der Waals surface area (Å²) in [5.41, 5.74) is 3.28. The molecule has 0 unspecified atom stereocenters. The van der Waals surface area contributed by atoms with Crippen molar-refractivity contribution in [2.75, 3.05) is 11.9 Å². The summed E-state index contributed by atoms with van der Waals surface area (Å²) in [6.07, 6.45) is 7.02. The van der Waals surface area contributed by atoms with Gasteiger partial charge in [0.2, 0.25) is 0 Å². The molecule has 25 heavy (non-hydrogen) atoms. The number of aromatic nitrogens is 4. The van der Waals surface area contributed by atoms with E-state index in [4.69, 9.17) is 4.98 Å². The van der Waals surface area contributed by atoms with E-state index in [1.165, 1.54) is 0 Å². The molecule has 4 rings (SSSR count). The van der Waals surface area contributed by atoms with E-state index in [0.29, 0.717) is 5.78 Å². The highest BCUT2D eigenvalue weighted by Crippen LogP contribution is 2.30. The molecule has 0 amide bonds. The molecule has 0 bridgehead atoms. The first kappa shape index (κ1) is 15.3. The zero-order valence-electron chi connectivity index (χ0n) is 14.3. The van der Waals surface area contributed by atoms with Crippen LogP contribution in [0.25, 0.3) is 22.8 Å². The van der Waals surface area contributed by atoms with E-state index in [1.54, 1.807) is 6.33 Å². The summed E-state index contributed by atoms with van der Waals surface area (Å²) >= 11 is 0. The first-order valence-electron chi connectivity index (χ1n) is 8.36. The van der Waals surface area contributed by atoms with E-state index in [0.717, 1.165) is 34.4 Å². The lowest BCUT2D eigenvalue weighted by atomic mass is 10.1. The maximum Gasteiger partial charge on any atom is 0.257 e. The minimum Gasteiger partial charge on any atom is -0.329 e. The number of nitrogens with zero attached hydrogens (tertiary/aromatic N) is 5. The predicted molar refractivity (Wildman–Crippen MR) is 102 cm³/mol. The van der Waals surface area contributed by atoms with Gasteiger partial charge >= 0.3 is 0 Å². The second-order valence-electron chi connectivity index (χ2n) is 5.92. The number of hydrogen-bond acceptors (Lipinski definition) is 4. The predicted octanol–water partition coefficient (Wildman–Crippen LogP) is 4.47. The minimum atomic E-state index is 0.599. The first-order valence-corrected chi connectivity index (χ1v) is 8.36. The number of anilines is 2. The van der Waals surface area contributed by atoms with Crippen molar-refractivity contribution < 1.29 is 0 Å². The van der Waals surface area contributed by atoms with Crippen LogP contribution >= 0.6 is 0 Å². The molecule has 2 heterocycles. The topological polar surface area (TPSA) is 46.3 Å². The van der Waals surface area contributed by atoms with Crippen LogP contribution in [0, 0.1) is 0 Å². The van der Waals surface area contributed by atoms with Crippen molar-refractivity contribution in [2.45, 2.75) is 13.3 Å². The highest BCUT2D eigenvalue weighted by atomic mass is 15.3. The lowest BCUT2D eigenvalue weighted by Gasteiger charge is -2.20. The average molecular weight is 329 g/mol. The highest BCUT2D eigenvalue weighted by molar-refractivity contribution is 5.94. The van der Waals surface area contributed by atoms with Gasteiger partial charge in [-0.15, -0.1) is 10.2 Å². The molecule has 2 aromatic heterocycles. The van der Waals surface area contributed by atoms with Crippen LogP contribution in [0.4, 0.5) is 11.5 Å². The monoisotopic (exact) mass is 329 g/mol. The summed E-state index contributed by atoms with van der Waals surface area (Å²) in [5.74, 6) is 1.47. The zero-order valence-corrected chi connectivity index (χ0v) is 14.3. The van der Waals surface area contributed by atoms with Crippen LogP contribution in [-0.2, 0) is 0 Å². The van der Waals surface area contributed by atoms with Gasteiger partial charge in [0.25, 0.3) is 5.78 Å². The van der Waals surface area contributed by atoms with Gasteiger partial charge in [0, 0.05) is 18.1 Å². The fourth-order valence-electron chi connectivity index (χ4n) is 2.95. The molecule has 124 valence electrons.